The van der Waals surface area contributed by atoms with Gasteiger partial charge in [-0.25, -0.2) is 12.8 Å². The van der Waals surface area contributed by atoms with E-state index in [1.807, 2.05) is 0 Å². The molecule has 4 fully saturated rings. The summed E-state index contributed by atoms with van der Waals surface area (Å²) in [5.74, 6) is 2.49. The van der Waals surface area contributed by atoms with E-state index in [9.17, 15) is 22.4 Å². The van der Waals surface area contributed by atoms with Crippen molar-refractivity contribution in [1.29, 1.82) is 0 Å². The quantitative estimate of drug-likeness (QED) is 0.244. The summed E-state index contributed by atoms with van der Waals surface area (Å²) in [6.45, 7) is 19.7. The lowest BCUT2D eigenvalue weighted by atomic mass is 9.33. The van der Waals surface area contributed by atoms with Gasteiger partial charge in [-0.2, -0.15) is 0 Å². The van der Waals surface area contributed by atoms with Gasteiger partial charge < -0.3 is 15.0 Å². The first kappa shape index (κ1) is 38.4. The van der Waals surface area contributed by atoms with Crippen molar-refractivity contribution >= 4 is 22.1 Å². The zero-order valence-corrected chi connectivity index (χ0v) is 33.9. The second kappa shape index (κ2) is 13.1. The standard InChI is InChI=1S/C43H65FN2O5S/c1-29(2)36-33(48)26-43(45-20-21-46-22-24-52(49,50)25-23-46)19-18-40(6)32(37(36)43)8-9-35-39(5)14-12-31(38(3,4)34(39)13-15-41(35,40)7)30-10-16-42(27-44,17-11-30)51-28-47/h10,12,28-29,32,34-35,45H,8-9,11,13-27H2,1-7H3/t32-,34+,35-,39+,40-,41-,42+,43-/m1/s1. The van der Waals surface area contributed by atoms with Gasteiger partial charge in [0.1, 0.15) is 12.3 Å². The van der Waals surface area contributed by atoms with E-state index in [0.717, 1.165) is 50.8 Å². The Balaban J connectivity index is 1.16. The Morgan fingerprint density at radius 2 is 1.69 bits per heavy atom. The Morgan fingerprint density at radius 1 is 0.962 bits per heavy atom. The fourth-order valence-electron chi connectivity index (χ4n) is 13.9. The number of nitrogens with zero attached hydrogens (tertiary/aromatic N) is 1. The summed E-state index contributed by atoms with van der Waals surface area (Å²) >= 11 is 0. The molecule has 7 rings (SSSR count). The van der Waals surface area contributed by atoms with Crippen molar-refractivity contribution in [2.75, 3.05) is 44.4 Å². The van der Waals surface area contributed by atoms with E-state index < -0.39 is 22.1 Å². The number of allylic oxidation sites excluding steroid dienone is 4. The van der Waals surface area contributed by atoms with Crippen LogP contribution < -0.4 is 5.32 Å². The third-order valence-electron chi connectivity index (χ3n) is 16.8. The van der Waals surface area contributed by atoms with E-state index in [1.165, 1.54) is 36.0 Å². The molecule has 0 spiro atoms. The van der Waals surface area contributed by atoms with Crippen molar-refractivity contribution in [1.82, 2.24) is 10.2 Å². The number of alkyl halides is 1. The minimum Gasteiger partial charge on any atom is -0.458 e. The minimum atomic E-state index is -2.91. The Kier molecular flexibility index (Phi) is 9.71. The van der Waals surface area contributed by atoms with Crippen LogP contribution in [0.15, 0.2) is 34.4 Å². The van der Waals surface area contributed by atoms with Gasteiger partial charge in [-0.3, -0.25) is 9.59 Å². The van der Waals surface area contributed by atoms with Crippen LogP contribution in [0.25, 0.3) is 0 Å². The number of halogens is 1. The molecule has 3 saturated carbocycles. The summed E-state index contributed by atoms with van der Waals surface area (Å²) in [6, 6.07) is 0. The van der Waals surface area contributed by atoms with E-state index >= 15 is 0 Å². The number of nitrogens with one attached hydrogen (secondary N) is 1. The molecule has 1 heterocycles. The fourth-order valence-corrected chi connectivity index (χ4v) is 15.2. The van der Waals surface area contributed by atoms with Crippen LogP contribution in [0.5, 0.6) is 0 Å². The third-order valence-corrected chi connectivity index (χ3v) is 18.4. The van der Waals surface area contributed by atoms with Crippen molar-refractivity contribution in [3.8, 4) is 0 Å². The molecule has 0 aromatic carbocycles. The number of sulfone groups is 1. The molecule has 6 aliphatic carbocycles. The SMILES string of the molecule is CC(C)C1=C2[C@H]3CC[C@@H]4[C@@]5(C)CC=C(C6=CC[C@](CF)(OC=O)CC6)C(C)(C)[C@@H]5CC[C@@]4(C)[C@]3(C)CC[C@@]2(NCCN2CCS(=O)(=O)CC2)CC1=O. The van der Waals surface area contributed by atoms with Crippen molar-refractivity contribution in [3.63, 3.8) is 0 Å². The van der Waals surface area contributed by atoms with Gasteiger partial charge >= 0.3 is 0 Å². The third kappa shape index (κ3) is 5.78. The highest BCUT2D eigenvalue weighted by molar-refractivity contribution is 7.91. The summed E-state index contributed by atoms with van der Waals surface area (Å²) in [5.41, 5.74) is 4.34. The topological polar surface area (TPSA) is 92.8 Å². The van der Waals surface area contributed by atoms with Gasteiger partial charge in [-0.05, 0) is 125 Å². The van der Waals surface area contributed by atoms with Gasteiger partial charge in [-0.1, -0.05) is 60.6 Å². The van der Waals surface area contributed by atoms with Crippen LogP contribution in [0.4, 0.5) is 4.39 Å². The molecule has 7 nitrogen and oxygen atoms in total. The number of rotatable bonds is 9. The van der Waals surface area contributed by atoms with Crippen LogP contribution in [0, 0.1) is 45.3 Å². The predicted octanol–water partition coefficient (Wildman–Crippen LogP) is 7.57. The van der Waals surface area contributed by atoms with Crippen LogP contribution in [0.2, 0.25) is 0 Å². The lowest BCUT2D eigenvalue weighted by Gasteiger charge is -2.71. The zero-order valence-electron chi connectivity index (χ0n) is 33.0. The molecule has 0 radical (unpaired) electrons. The van der Waals surface area contributed by atoms with E-state index in [-0.39, 0.29) is 44.6 Å². The van der Waals surface area contributed by atoms with E-state index in [4.69, 9.17) is 4.74 Å². The summed E-state index contributed by atoms with van der Waals surface area (Å²) in [6.07, 6.45) is 14.7. The molecule has 0 bridgehead atoms. The summed E-state index contributed by atoms with van der Waals surface area (Å²) < 4.78 is 43.4. The predicted molar refractivity (Wildman–Crippen MR) is 204 cm³/mol. The number of carbonyl (C=O) groups excluding carboxylic acids is 2. The maximum absolute atomic E-state index is 14.0. The first-order chi connectivity index (χ1) is 24.4. The Hall–Kier alpha value is -1.84. The van der Waals surface area contributed by atoms with Crippen LogP contribution in [-0.4, -0.2) is 81.1 Å². The van der Waals surface area contributed by atoms with Crippen LogP contribution >= 0.6 is 0 Å². The normalized spacial score (nSPS) is 42.8. The van der Waals surface area contributed by atoms with Gasteiger partial charge in [0.15, 0.2) is 15.6 Å². The summed E-state index contributed by atoms with van der Waals surface area (Å²) in [5, 5.41) is 4.00. The van der Waals surface area contributed by atoms with Crippen LogP contribution in [0.1, 0.15) is 119 Å². The maximum Gasteiger partial charge on any atom is 0.293 e. The Labute approximate surface area is 312 Å². The van der Waals surface area contributed by atoms with Crippen molar-refractivity contribution in [2.24, 2.45) is 45.3 Å². The monoisotopic (exact) mass is 740 g/mol. The maximum atomic E-state index is 14.0. The zero-order chi connectivity index (χ0) is 37.5. The molecule has 0 amide bonds. The van der Waals surface area contributed by atoms with Crippen molar-refractivity contribution in [2.45, 2.75) is 130 Å². The van der Waals surface area contributed by atoms with Gasteiger partial charge in [0.05, 0.1) is 11.5 Å². The first-order valence-corrected chi connectivity index (χ1v) is 22.3. The number of ketones is 1. The molecule has 1 aliphatic heterocycles. The number of Topliss-reactive ketones (excluding diaryl/α,β-unsaturated/α-hetero) is 1. The second-order valence-electron chi connectivity index (χ2n) is 19.7. The second-order valence-corrected chi connectivity index (χ2v) is 22.0. The highest BCUT2D eigenvalue weighted by Crippen LogP contribution is 2.76. The molecule has 7 aliphatic rings. The first-order valence-electron chi connectivity index (χ1n) is 20.4. The largest absolute Gasteiger partial charge is 0.458 e. The number of ether oxygens (including phenoxy) is 1. The highest BCUT2D eigenvalue weighted by Gasteiger charge is 2.69. The van der Waals surface area contributed by atoms with Gasteiger partial charge in [0.2, 0.25) is 0 Å². The van der Waals surface area contributed by atoms with Gasteiger partial charge in [0, 0.05) is 44.6 Å². The summed E-state index contributed by atoms with van der Waals surface area (Å²) in [4.78, 5) is 27.4. The smallest absolute Gasteiger partial charge is 0.293 e. The molecular formula is C43H65FN2O5S. The molecule has 1 N–H and O–H groups in total. The molecule has 8 atom stereocenters. The molecule has 0 aromatic rings. The number of carbonyl (C=O) groups is 2. The van der Waals surface area contributed by atoms with E-state index in [0.29, 0.717) is 62.4 Å². The average molecular weight is 741 g/mol. The lowest BCUT2D eigenvalue weighted by Crippen LogP contribution is -2.66. The average Bonchev–Trinajstić information content (AvgIpc) is 3.38. The van der Waals surface area contributed by atoms with Crippen molar-refractivity contribution in [3.05, 3.63) is 34.4 Å². The number of hydrogen-bond acceptors (Lipinski definition) is 7. The van der Waals surface area contributed by atoms with Gasteiger partial charge in [-0.15, -0.1) is 0 Å². The minimum absolute atomic E-state index is 0.0193. The lowest BCUT2D eigenvalue weighted by molar-refractivity contribution is -0.196. The number of fused-ring (bicyclic) bond motifs is 7. The molecule has 9 heteroatoms. The molecule has 52 heavy (non-hydrogen) atoms. The Morgan fingerprint density at radius 3 is 2.33 bits per heavy atom. The molecule has 1 saturated heterocycles. The Bertz CT molecular complexity index is 1670. The van der Waals surface area contributed by atoms with Crippen LogP contribution in [-0.2, 0) is 24.2 Å². The van der Waals surface area contributed by atoms with E-state index in [1.54, 1.807) is 0 Å². The molecule has 0 unspecified atom stereocenters. The highest BCUT2D eigenvalue weighted by atomic mass is 32.2. The van der Waals surface area contributed by atoms with Crippen molar-refractivity contribution < 1.29 is 27.1 Å². The molecule has 0 aromatic heterocycles. The fraction of sp³-hybridized carbons (Fsp3) is 0.814. The van der Waals surface area contributed by atoms with Gasteiger partial charge in [0.25, 0.3) is 6.47 Å². The van der Waals surface area contributed by atoms with E-state index in [2.05, 4.69) is 70.8 Å². The molecular weight excluding hydrogens is 676 g/mol. The number of hydrogen-bond donors (Lipinski definition) is 1. The van der Waals surface area contributed by atoms with Crippen LogP contribution in [0.3, 0.4) is 0 Å². The summed E-state index contributed by atoms with van der Waals surface area (Å²) in [7, 11) is -2.91. The molecule has 290 valence electrons.